The predicted molar refractivity (Wildman–Crippen MR) is 86.4 cm³/mol. The molecule has 1 fully saturated rings. The highest BCUT2D eigenvalue weighted by Gasteiger charge is 2.23. The number of fused-ring (bicyclic) bond motifs is 1. The fourth-order valence-electron chi connectivity index (χ4n) is 3.86. The normalized spacial score (nSPS) is 23.6. The van der Waals surface area contributed by atoms with E-state index in [1.165, 1.54) is 63.0 Å². The summed E-state index contributed by atoms with van der Waals surface area (Å²) in [5.74, 6) is 1.73. The smallest absolute Gasteiger partial charge is 0.0376 e. The minimum absolute atomic E-state index is 0.722. The molecule has 2 heterocycles. The maximum absolute atomic E-state index is 3.54. The minimum Gasteiger partial charge on any atom is -0.384 e. The molecule has 2 aliphatic heterocycles. The Hall–Kier alpha value is -1.02. The first-order valence-electron chi connectivity index (χ1n) is 8.42. The molecule has 0 saturated carbocycles. The lowest BCUT2D eigenvalue weighted by molar-refractivity contribution is 0.174. The van der Waals surface area contributed by atoms with Crippen LogP contribution in [0.4, 0.5) is 5.69 Å². The molecule has 3 rings (SSSR count). The van der Waals surface area contributed by atoms with E-state index in [1.807, 2.05) is 0 Å². The number of para-hydroxylation sites is 1. The van der Waals surface area contributed by atoms with E-state index in [1.54, 1.807) is 0 Å². The van der Waals surface area contributed by atoms with Gasteiger partial charge in [0.25, 0.3) is 0 Å². The second kappa shape index (κ2) is 6.62. The first-order valence-corrected chi connectivity index (χ1v) is 8.42. The highest BCUT2D eigenvalue weighted by atomic mass is 15.1. The van der Waals surface area contributed by atoms with Crippen LogP contribution in [0.25, 0.3) is 0 Å². The van der Waals surface area contributed by atoms with E-state index < -0.39 is 0 Å². The van der Waals surface area contributed by atoms with E-state index in [0.29, 0.717) is 0 Å². The second-order valence-corrected chi connectivity index (χ2v) is 6.53. The topological polar surface area (TPSA) is 15.3 Å². The number of likely N-dealkylation sites (tertiary alicyclic amines) is 1. The number of nitrogens with zero attached hydrogens (tertiary/aromatic N) is 1. The molecule has 0 amide bonds. The summed E-state index contributed by atoms with van der Waals surface area (Å²) < 4.78 is 0. The third kappa shape index (κ3) is 3.17. The van der Waals surface area contributed by atoms with Crippen LogP contribution < -0.4 is 5.32 Å². The van der Waals surface area contributed by atoms with Crippen LogP contribution >= 0.6 is 0 Å². The molecule has 2 nitrogen and oxygen atoms in total. The van der Waals surface area contributed by atoms with E-state index >= 15 is 0 Å². The van der Waals surface area contributed by atoms with Gasteiger partial charge in [-0.25, -0.2) is 0 Å². The van der Waals surface area contributed by atoms with Crippen LogP contribution in [0.3, 0.4) is 0 Å². The third-order valence-corrected chi connectivity index (χ3v) is 5.14. The molecule has 20 heavy (non-hydrogen) atoms. The largest absolute Gasteiger partial charge is 0.384 e. The van der Waals surface area contributed by atoms with Crippen LogP contribution in [0.2, 0.25) is 0 Å². The molecule has 1 atom stereocenters. The monoisotopic (exact) mass is 272 g/mol. The fourth-order valence-corrected chi connectivity index (χ4v) is 3.86. The quantitative estimate of drug-likeness (QED) is 0.868. The molecule has 110 valence electrons. The highest BCUT2D eigenvalue weighted by molar-refractivity contribution is 5.57. The Bertz CT molecular complexity index is 421. The molecule has 0 radical (unpaired) electrons. The van der Waals surface area contributed by atoms with Crippen LogP contribution in [0.5, 0.6) is 0 Å². The summed E-state index contributed by atoms with van der Waals surface area (Å²) >= 11 is 0. The van der Waals surface area contributed by atoms with E-state index in [-0.39, 0.29) is 0 Å². The first-order chi connectivity index (χ1) is 9.86. The lowest BCUT2D eigenvalue weighted by atomic mass is 9.92. The van der Waals surface area contributed by atoms with Crippen LogP contribution in [0.1, 0.15) is 50.5 Å². The lowest BCUT2D eigenvalue weighted by Gasteiger charge is -2.32. The first kappa shape index (κ1) is 13.9. The molecule has 1 aromatic carbocycles. The van der Waals surface area contributed by atoms with Gasteiger partial charge in [0.2, 0.25) is 0 Å². The molecule has 1 N–H and O–H groups in total. The zero-order chi connectivity index (χ0) is 13.8. The summed E-state index contributed by atoms with van der Waals surface area (Å²) in [4.78, 5) is 2.69. The van der Waals surface area contributed by atoms with Crippen LogP contribution in [-0.2, 0) is 0 Å². The third-order valence-electron chi connectivity index (χ3n) is 5.14. The number of hydrogen-bond donors (Lipinski definition) is 1. The van der Waals surface area contributed by atoms with Crippen molar-refractivity contribution in [3.8, 4) is 0 Å². The van der Waals surface area contributed by atoms with Crippen molar-refractivity contribution in [2.75, 3.05) is 31.5 Å². The summed E-state index contributed by atoms with van der Waals surface area (Å²) in [7, 11) is 0. The number of hydrogen-bond acceptors (Lipinski definition) is 2. The Morgan fingerprint density at radius 1 is 1.15 bits per heavy atom. The second-order valence-electron chi connectivity index (χ2n) is 6.53. The molecule has 0 aliphatic carbocycles. The van der Waals surface area contributed by atoms with Gasteiger partial charge in [0, 0.05) is 18.2 Å². The van der Waals surface area contributed by atoms with E-state index in [0.717, 1.165) is 18.4 Å². The molecule has 0 aromatic heterocycles. The summed E-state index contributed by atoms with van der Waals surface area (Å²) in [6.07, 6.45) is 6.95. The SMILES string of the molecule is CCCC1CCN(CCC2CNc3ccccc32)CC1. The summed E-state index contributed by atoms with van der Waals surface area (Å²) in [6, 6.07) is 8.82. The van der Waals surface area contributed by atoms with Gasteiger partial charge in [0.05, 0.1) is 0 Å². The maximum atomic E-state index is 3.54. The average Bonchev–Trinajstić information content (AvgIpc) is 2.90. The van der Waals surface area contributed by atoms with Gasteiger partial charge in [0.1, 0.15) is 0 Å². The summed E-state index contributed by atoms with van der Waals surface area (Å²) in [6.45, 7) is 7.38. The number of anilines is 1. The Kier molecular flexibility index (Phi) is 4.62. The number of benzene rings is 1. The molecule has 1 saturated heterocycles. The van der Waals surface area contributed by atoms with E-state index in [9.17, 15) is 0 Å². The maximum Gasteiger partial charge on any atom is 0.0376 e. The predicted octanol–water partition coefficient (Wildman–Crippen LogP) is 4.10. The zero-order valence-corrected chi connectivity index (χ0v) is 12.8. The van der Waals surface area contributed by atoms with Gasteiger partial charge < -0.3 is 10.2 Å². The Morgan fingerprint density at radius 2 is 1.95 bits per heavy atom. The lowest BCUT2D eigenvalue weighted by Crippen LogP contribution is -2.35. The number of piperidine rings is 1. The van der Waals surface area contributed by atoms with E-state index in [4.69, 9.17) is 0 Å². The highest BCUT2D eigenvalue weighted by Crippen LogP contribution is 2.33. The van der Waals surface area contributed by atoms with Gasteiger partial charge >= 0.3 is 0 Å². The molecule has 2 aliphatic rings. The Morgan fingerprint density at radius 3 is 2.75 bits per heavy atom. The van der Waals surface area contributed by atoms with Gasteiger partial charge in [-0.2, -0.15) is 0 Å². The van der Waals surface area contributed by atoms with Gasteiger partial charge in [-0.05, 0) is 56.4 Å². The van der Waals surface area contributed by atoms with Crippen molar-refractivity contribution in [3.63, 3.8) is 0 Å². The van der Waals surface area contributed by atoms with Gasteiger partial charge in [-0.3, -0.25) is 0 Å². The van der Waals surface area contributed by atoms with Gasteiger partial charge in [0.15, 0.2) is 0 Å². The van der Waals surface area contributed by atoms with Crippen molar-refractivity contribution in [3.05, 3.63) is 29.8 Å². The van der Waals surface area contributed by atoms with Gasteiger partial charge in [-0.15, -0.1) is 0 Å². The molecule has 2 heteroatoms. The van der Waals surface area contributed by atoms with Crippen molar-refractivity contribution in [1.29, 1.82) is 0 Å². The van der Waals surface area contributed by atoms with Crippen molar-refractivity contribution in [1.82, 2.24) is 4.90 Å². The zero-order valence-electron chi connectivity index (χ0n) is 12.8. The molecular formula is C18H28N2. The minimum atomic E-state index is 0.722. The van der Waals surface area contributed by atoms with Crippen molar-refractivity contribution in [2.24, 2.45) is 5.92 Å². The van der Waals surface area contributed by atoms with Crippen LogP contribution in [0.15, 0.2) is 24.3 Å². The average molecular weight is 272 g/mol. The number of nitrogens with one attached hydrogen (secondary N) is 1. The van der Waals surface area contributed by atoms with Crippen molar-refractivity contribution in [2.45, 2.75) is 44.9 Å². The molecule has 1 unspecified atom stereocenters. The fraction of sp³-hybridized carbons (Fsp3) is 0.667. The number of rotatable bonds is 5. The van der Waals surface area contributed by atoms with Gasteiger partial charge in [-0.1, -0.05) is 38.0 Å². The van der Waals surface area contributed by atoms with Crippen molar-refractivity contribution >= 4 is 5.69 Å². The van der Waals surface area contributed by atoms with Crippen LogP contribution in [-0.4, -0.2) is 31.1 Å². The summed E-state index contributed by atoms with van der Waals surface area (Å²) in [5, 5.41) is 3.54. The molecule has 0 spiro atoms. The Labute approximate surface area is 123 Å². The molecule has 1 aromatic rings. The van der Waals surface area contributed by atoms with E-state index in [2.05, 4.69) is 41.4 Å². The standard InChI is InChI=1S/C18H28N2/c1-2-5-15-8-11-20(12-9-15)13-10-16-14-19-18-7-4-3-6-17(16)18/h3-4,6-7,15-16,19H,2,5,8-14H2,1H3. The van der Waals surface area contributed by atoms with Crippen LogP contribution in [0, 0.1) is 5.92 Å². The molecular weight excluding hydrogens is 244 g/mol. The summed E-state index contributed by atoms with van der Waals surface area (Å²) in [5.41, 5.74) is 2.90. The van der Waals surface area contributed by atoms with Crippen molar-refractivity contribution < 1.29 is 0 Å². The molecule has 0 bridgehead atoms. The Balaban J connectivity index is 1.45.